The van der Waals surface area contributed by atoms with E-state index in [-0.39, 0.29) is 5.56 Å². The van der Waals surface area contributed by atoms with Crippen LogP contribution in [0.4, 0.5) is 0 Å². The molecule has 122 valence electrons. The van der Waals surface area contributed by atoms with E-state index in [0.717, 1.165) is 38.2 Å². The first-order chi connectivity index (χ1) is 11.3. The maximum Gasteiger partial charge on any atom is 0.266 e. The predicted molar refractivity (Wildman–Crippen MR) is 82.8 cm³/mol. The first-order valence-corrected chi connectivity index (χ1v) is 8.34. The van der Waals surface area contributed by atoms with Crippen molar-refractivity contribution in [2.75, 3.05) is 13.1 Å². The molecule has 2 aromatic heterocycles. The van der Waals surface area contributed by atoms with Crippen molar-refractivity contribution in [2.45, 2.75) is 44.7 Å². The molecule has 7 heteroatoms. The van der Waals surface area contributed by atoms with E-state index >= 15 is 0 Å². The van der Waals surface area contributed by atoms with Crippen LogP contribution in [0.2, 0.25) is 0 Å². The maximum absolute atomic E-state index is 12.0. The molecule has 2 fully saturated rings. The Bertz CT molecular complexity index is 700. The molecule has 1 saturated carbocycles. The van der Waals surface area contributed by atoms with E-state index in [0.29, 0.717) is 24.3 Å². The van der Waals surface area contributed by atoms with Gasteiger partial charge in [0.25, 0.3) is 5.56 Å². The Morgan fingerprint density at radius 2 is 2.00 bits per heavy atom. The van der Waals surface area contributed by atoms with Crippen molar-refractivity contribution in [3.05, 3.63) is 40.4 Å². The molecule has 0 amide bonds. The first kappa shape index (κ1) is 14.6. The average Bonchev–Trinajstić information content (AvgIpc) is 3.29. The van der Waals surface area contributed by atoms with Crippen LogP contribution in [0.5, 0.6) is 0 Å². The number of hydrogen-bond donors (Lipinski definition) is 0. The van der Waals surface area contributed by atoms with Gasteiger partial charge in [0, 0.05) is 18.5 Å². The minimum Gasteiger partial charge on any atom is -0.338 e. The third kappa shape index (κ3) is 3.50. The number of nitrogens with zero attached hydrogens (tertiary/aromatic N) is 5. The largest absolute Gasteiger partial charge is 0.338 e. The van der Waals surface area contributed by atoms with Crippen molar-refractivity contribution in [3.8, 4) is 0 Å². The first-order valence-electron chi connectivity index (χ1n) is 8.34. The van der Waals surface area contributed by atoms with Gasteiger partial charge in [-0.15, -0.1) is 0 Å². The SMILES string of the molecule is O=c1ccc(C2CC2)nn1CC1CCN(Cc2ncno2)CC1. The van der Waals surface area contributed by atoms with E-state index in [1.54, 1.807) is 10.7 Å². The number of piperidine rings is 1. The van der Waals surface area contributed by atoms with E-state index < -0.39 is 0 Å². The van der Waals surface area contributed by atoms with E-state index in [1.807, 2.05) is 6.07 Å². The van der Waals surface area contributed by atoms with Crippen molar-refractivity contribution >= 4 is 0 Å². The quantitative estimate of drug-likeness (QED) is 0.830. The number of aromatic nitrogens is 4. The van der Waals surface area contributed by atoms with Gasteiger partial charge in [0.05, 0.1) is 12.2 Å². The predicted octanol–water partition coefficient (Wildman–Crippen LogP) is 1.42. The lowest BCUT2D eigenvalue weighted by atomic mass is 9.97. The fourth-order valence-corrected chi connectivity index (χ4v) is 3.22. The van der Waals surface area contributed by atoms with Crippen LogP contribution in [0.1, 0.15) is 43.2 Å². The molecule has 0 N–H and O–H groups in total. The second-order valence-corrected chi connectivity index (χ2v) is 6.61. The summed E-state index contributed by atoms with van der Waals surface area (Å²) in [6.07, 6.45) is 5.98. The summed E-state index contributed by atoms with van der Waals surface area (Å²) in [5.74, 6) is 1.75. The van der Waals surface area contributed by atoms with Gasteiger partial charge in [0.1, 0.15) is 0 Å². The highest BCUT2D eigenvalue weighted by atomic mass is 16.5. The molecule has 0 aromatic carbocycles. The Hall–Kier alpha value is -2.02. The average molecular weight is 315 g/mol. The van der Waals surface area contributed by atoms with Crippen molar-refractivity contribution in [1.29, 1.82) is 0 Å². The van der Waals surface area contributed by atoms with Gasteiger partial charge in [-0.25, -0.2) is 4.68 Å². The zero-order valence-corrected chi connectivity index (χ0v) is 13.1. The minimum atomic E-state index is 0.0164. The van der Waals surface area contributed by atoms with E-state index in [4.69, 9.17) is 4.52 Å². The highest BCUT2D eigenvalue weighted by Crippen LogP contribution is 2.38. The summed E-state index contributed by atoms with van der Waals surface area (Å²) in [5, 5.41) is 8.20. The summed E-state index contributed by atoms with van der Waals surface area (Å²) in [4.78, 5) is 18.4. The van der Waals surface area contributed by atoms with Gasteiger partial charge in [-0.05, 0) is 50.8 Å². The molecule has 1 saturated heterocycles. The van der Waals surface area contributed by atoms with Crippen molar-refractivity contribution in [3.63, 3.8) is 0 Å². The lowest BCUT2D eigenvalue weighted by molar-refractivity contribution is 0.148. The van der Waals surface area contributed by atoms with Crippen LogP contribution in [0.25, 0.3) is 0 Å². The lowest BCUT2D eigenvalue weighted by Crippen LogP contribution is -2.36. The fraction of sp³-hybridized carbons (Fsp3) is 0.625. The zero-order valence-electron chi connectivity index (χ0n) is 13.1. The van der Waals surface area contributed by atoms with Gasteiger partial charge < -0.3 is 4.52 Å². The van der Waals surface area contributed by atoms with Crippen LogP contribution in [-0.4, -0.2) is 37.9 Å². The Morgan fingerprint density at radius 1 is 1.17 bits per heavy atom. The van der Waals surface area contributed by atoms with Crippen molar-refractivity contribution in [1.82, 2.24) is 24.8 Å². The van der Waals surface area contributed by atoms with Crippen molar-refractivity contribution in [2.24, 2.45) is 5.92 Å². The monoisotopic (exact) mass is 315 g/mol. The van der Waals surface area contributed by atoms with E-state index in [1.165, 1.54) is 19.2 Å². The third-order valence-corrected chi connectivity index (χ3v) is 4.79. The molecule has 0 atom stereocenters. The smallest absolute Gasteiger partial charge is 0.266 e. The standard InChI is InChI=1S/C16H21N5O2/c22-16-4-3-14(13-1-2-13)19-21(16)9-12-5-7-20(8-6-12)10-15-17-11-18-23-15/h3-4,11-13H,1-2,5-10H2. The summed E-state index contributed by atoms with van der Waals surface area (Å²) in [7, 11) is 0. The molecule has 0 bridgehead atoms. The summed E-state index contributed by atoms with van der Waals surface area (Å²) in [5.41, 5.74) is 1.10. The topological polar surface area (TPSA) is 77.1 Å². The number of likely N-dealkylation sites (tertiary alicyclic amines) is 1. The van der Waals surface area contributed by atoms with Gasteiger partial charge in [-0.2, -0.15) is 10.1 Å². The summed E-state index contributed by atoms with van der Waals surface area (Å²) < 4.78 is 6.73. The molecule has 0 radical (unpaired) electrons. The fourth-order valence-electron chi connectivity index (χ4n) is 3.22. The van der Waals surface area contributed by atoms with E-state index in [2.05, 4.69) is 20.1 Å². The molecule has 1 aliphatic carbocycles. The second kappa shape index (κ2) is 6.23. The Morgan fingerprint density at radius 3 is 2.70 bits per heavy atom. The molecule has 4 rings (SSSR count). The number of hydrogen-bond acceptors (Lipinski definition) is 6. The van der Waals surface area contributed by atoms with Gasteiger partial charge >= 0.3 is 0 Å². The van der Waals surface area contributed by atoms with Crippen LogP contribution in [0.15, 0.2) is 27.8 Å². The van der Waals surface area contributed by atoms with Gasteiger partial charge in [-0.3, -0.25) is 9.69 Å². The van der Waals surface area contributed by atoms with E-state index in [9.17, 15) is 4.79 Å². The third-order valence-electron chi connectivity index (χ3n) is 4.79. The normalized spacial score (nSPS) is 20.0. The molecule has 3 heterocycles. The lowest BCUT2D eigenvalue weighted by Gasteiger charge is -2.30. The van der Waals surface area contributed by atoms with Crippen LogP contribution in [0, 0.1) is 5.92 Å². The van der Waals surface area contributed by atoms with Gasteiger partial charge in [-0.1, -0.05) is 5.16 Å². The summed E-state index contributed by atoms with van der Waals surface area (Å²) in [6, 6.07) is 3.56. The summed E-state index contributed by atoms with van der Waals surface area (Å²) in [6.45, 7) is 3.42. The highest BCUT2D eigenvalue weighted by Gasteiger charge is 2.26. The van der Waals surface area contributed by atoms with Crippen LogP contribution in [-0.2, 0) is 13.1 Å². The van der Waals surface area contributed by atoms with Crippen LogP contribution < -0.4 is 5.56 Å². The Kier molecular flexibility index (Phi) is 3.95. The van der Waals surface area contributed by atoms with Crippen LogP contribution in [0.3, 0.4) is 0 Å². The molecule has 0 unspecified atom stereocenters. The maximum atomic E-state index is 12.0. The van der Waals surface area contributed by atoms with Gasteiger partial charge in [0.15, 0.2) is 6.33 Å². The molecule has 7 nitrogen and oxygen atoms in total. The number of rotatable bonds is 5. The minimum absolute atomic E-state index is 0.0164. The molecule has 1 aliphatic heterocycles. The molecule has 0 spiro atoms. The Labute approximate surface area is 134 Å². The van der Waals surface area contributed by atoms with Crippen LogP contribution >= 0.6 is 0 Å². The zero-order chi connectivity index (χ0) is 15.6. The highest BCUT2D eigenvalue weighted by molar-refractivity contribution is 5.12. The molecular weight excluding hydrogens is 294 g/mol. The van der Waals surface area contributed by atoms with Gasteiger partial charge in [0.2, 0.25) is 5.89 Å². The Balaban J connectivity index is 1.34. The van der Waals surface area contributed by atoms with Crippen molar-refractivity contribution < 1.29 is 4.52 Å². The molecule has 2 aromatic rings. The summed E-state index contributed by atoms with van der Waals surface area (Å²) >= 11 is 0. The molecule has 23 heavy (non-hydrogen) atoms. The molecule has 2 aliphatic rings. The second-order valence-electron chi connectivity index (χ2n) is 6.61. The molecular formula is C16H21N5O2.